The molecule has 0 aliphatic heterocycles. The number of hydrogen-bond donors (Lipinski definition) is 2. The number of thiophene rings is 1. The van der Waals surface area contributed by atoms with Crippen LogP contribution in [0.1, 0.15) is 22.2 Å². The molecule has 4 rings (SSSR count). The monoisotopic (exact) mass is 439 g/mol. The lowest BCUT2D eigenvalue weighted by Gasteiger charge is -2.16. The highest BCUT2D eigenvalue weighted by Crippen LogP contribution is 2.44. The number of carbonyl (C=O) groups is 1. The molecule has 160 valence electrons. The number of aromatic nitrogens is 4. The lowest BCUT2D eigenvalue weighted by molar-refractivity contribution is 0.102. The number of carbonyl (C=O) groups excluding carboxylic acids is 1. The van der Waals surface area contributed by atoms with Gasteiger partial charge in [0.15, 0.2) is 17.2 Å². The first-order valence-corrected chi connectivity index (χ1v) is 10.3. The SMILES string of the molecule is COc1cc2sc(C(=O)Nc3nn[nH]n3)c(O[C@H](C)Cc3ccccc3)c2cc1OC. The van der Waals surface area contributed by atoms with E-state index < -0.39 is 0 Å². The van der Waals surface area contributed by atoms with Gasteiger partial charge in [0, 0.05) is 22.6 Å². The standard InChI is InChI=1S/C21H21N5O4S/c1-12(9-13-7-5-4-6-8-13)30-18-14-10-15(28-2)16(29-3)11-17(14)31-19(18)20(27)22-21-23-25-26-24-21/h4-8,10-12H,9H2,1-3H3,(H2,22,23,24,25,26,27)/t12-/m1/s1. The van der Waals surface area contributed by atoms with Gasteiger partial charge in [-0.25, -0.2) is 0 Å². The summed E-state index contributed by atoms with van der Waals surface area (Å²) < 4.78 is 18.0. The Bertz CT molecular complexity index is 1180. The average Bonchev–Trinajstić information content (AvgIpc) is 3.41. The highest BCUT2D eigenvalue weighted by atomic mass is 32.1. The van der Waals surface area contributed by atoms with Gasteiger partial charge < -0.3 is 14.2 Å². The normalized spacial score (nSPS) is 11.8. The van der Waals surface area contributed by atoms with Gasteiger partial charge in [-0.2, -0.15) is 5.21 Å². The molecule has 2 heterocycles. The van der Waals surface area contributed by atoms with Crippen molar-refractivity contribution in [2.24, 2.45) is 0 Å². The molecular weight excluding hydrogens is 418 g/mol. The zero-order valence-corrected chi connectivity index (χ0v) is 18.0. The van der Waals surface area contributed by atoms with Gasteiger partial charge in [0.25, 0.3) is 11.9 Å². The predicted molar refractivity (Wildman–Crippen MR) is 117 cm³/mol. The van der Waals surface area contributed by atoms with Crippen LogP contribution in [0.15, 0.2) is 42.5 Å². The Morgan fingerprint density at radius 1 is 1.16 bits per heavy atom. The summed E-state index contributed by atoms with van der Waals surface area (Å²) in [7, 11) is 3.14. The maximum atomic E-state index is 13.0. The molecule has 1 amide bonds. The summed E-state index contributed by atoms with van der Waals surface area (Å²) in [6, 6.07) is 13.7. The van der Waals surface area contributed by atoms with Crippen LogP contribution in [0.2, 0.25) is 0 Å². The number of tetrazole rings is 1. The minimum absolute atomic E-state index is 0.0842. The third kappa shape index (κ3) is 4.43. The summed E-state index contributed by atoms with van der Waals surface area (Å²) in [5.74, 6) is 1.30. The number of nitrogens with one attached hydrogen (secondary N) is 2. The first-order valence-electron chi connectivity index (χ1n) is 9.53. The van der Waals surface area contributed by atoms with Crippen LogP contribution in [0.5, 0.6) is 17.2 Å². The number of ether oxygens (including phenoxy) is 3. The molecule has 0 saturated heterocycles. The molecule has 0 fully saturated rings. The van der Waals surface area contributed by atoms with Crippen molar-refractivity contribution in [3.05, 3.63) is 52.9 Å². The molecule has 0 unspecified atom stereocenters. The molecule has 0 spiro atoms. The molecule has 0 saturated carbocycles. The fraction of sp³-hybridized carbons (Fsp3) is 0.238. The van der Waals surface area contributed by atoms with Crippen molar-refractivity contribution >= 4 is 33.3 Å². The van der Waals surface area contributed by atoms with E-state index >= 15 is 0 Å². The van der Waals surface area contributed by atoms with Crippen LogP contribution >= 0.6 is 11.3 Å². The second kappa shape index (κ2) is 9.00. The van der Waals surface area contributed by atoms with Crippen molar-refractivity contribution in [1.82, 2.24) is 20.6 Å². The zero-order chi connectivity index (χ0) is 21.8. The van der Waals surface area contributed by atoms with E-state index in [0.29, 0.717) is 28.5 Å². The van der Waals surface area contributed by atoms with Crippen LogP contribution in [0.4, 0.5) is 5.95 Å². The number of benzene rings is 2. The molecule has 0 bridgehead atoms. The number of rotatable bonds is 8. The van der Waals surface area contributed by atoms with Crippen molar-refractivity contribution in [2.75, 3.05) is 19.5 Å². The quantitative estimate of drug-likeness (QED) is 0.431. The number of fused-ring (bicyclic) bond motifs is 1. The summed E-state index contributed by atoms with van der Waals surface area (Å²) in [5.41, 5.74) is 1.14. The number of anilines is 1. The molecule has 0 aliphatic carbocycles. The van der Waals surface area contributed by atoms with Crippen molar-refractivity contribution in [1.29, 1.82) is 0 Å². The van der Waals surface area contributed by atoms with Crippen LogP contribution in [0.25, 0.3) is 10.1 Å². The van der Waals surface area contributed by atoms with Gasteiger partial charge in [-0.05, 0) is 23.8 Å². The van der Waals surface area contributed by atoms with Crippen molar-refractivity contribution in [3.63, 3.8) is 0 Å². The van der Waals surface area contributed by atoms with Gasteiger partial charge >= 0.3 is 0 Å². The second-order valence-electron chi connectivity index (χ2n) is 6.77. The second-order valence-corrected chi connectivity index (χ2v) is 7.82. The van der Waals surface area contributed by atoms with Gasteiger partial charge in [0.2, 0.25) is 0 Å². The number of hydrogen-bond acceptors (Lipinski definition) is 8. The molecule has 0 radical (unpaired) electrons. The Labute approximate surface area is 182 Å². The summed E-state index contributed by atoms with van der Waals surface area (Å²) in [4.78, 5) is 13.4. The van der Waals surface area contributed by atoms with Gasteiger partial charge in [-0.1, -0.05) is 35.4 Å². The van der Waals surface area contributed by atoms with Crippen molar-refractivity contribution < 1.29 is 19.0 Å². The fourth-order valence-corrected chi connectivity index (χ4v) is 4.27. The molecule has 1 atom stereocenters. The van der Waals surface area contributed by atoms with Gasteiger partial charge in [-0.3, -0.25) is 10.1 Å². The predicted octanol–water partition coefficient (Wildman–Crippen LogP) is 3.69. The van der Waals surface area contributed by atoms with Crippen LogP contribution in [0.3, 0.4) is 0 Å². The van der Waals surface area contributed by atoms with E-state index in [9.17, 15) is 4.79 Å². The third-order valence-corrected chi connectivity index (χ3v) is 5.74. The third-order valence-electron chi connectivity index (χ3n) is 4.61. The molecule has 4 aromatic rings. The lowest BCUT2D eigenvalue weighted by Crippen LogP contribution is -2.18. The Hall–Kier alpha value is -3.66. The van der Waals surface area contributed by atoms with Crippen molar-refractivity contribution in [3.8, 4) is 17.2 Å². The van der Waals surface area contributed by atoms with Crippen molar-refractivity contribution in [2.45, 2.75) is 19.4 Å². The average molecular weight is 439 g/mol. The maximum Gasteiger partial charge on any atom is 0.272 e. The van der Waals surface area contributed by atoms with Gasteiger partial charge in [-0.15, -0.1) is 16.4 Å². The Balaban J connectivity index is 1.72. The molecule has 9 nitrogen and oxygen atoms in total. The van der Waals surface area contributed by atoms with Gasteiger partial charge in [0.1, 0.15) is 11.0 Å². The topological polar surface area (TPSA) is 111 Å². The smallest absolute Gasteiger partial charge is 0.272 e. The minimum atomic E-state index is -0.387. The number of aromatic amines is 1. The van der Waals surface area contributed by atoms with E-state index in [1.807, 2.05) is 49.4 Å². The van der Waals surface area contributed by atoms with Crippen LogP contribution in [-0.4, -0.2) is 46.9 Å². The van der Waals surface area contributed by atoms with E-state index in [1.54, 1.807) is 14.2 Å². The molecular formula is C21H21N5O4S. The molecule has 2 aromatic carbocycles. The van der Waals surface area contributed by atoms with E-state index in [-0.39, 0.29) is 18.0 Å². The maximum absolute atomic E-state index is 13.0. The first-order chi connectivity index (χ1) is 15.1. The van der Waals surface area contributed by atoms with E-state index in [0.717, 1.165) is 15.6 Å². The molecule has 2 N–H and O–H groups in total. The fourth-order valence-electron chi connectivity index (χ4n) is 3.23. The summed E-state index contributed by atoms with van der Waals surface area (Å²) in [6.07, 6.45) is 0.516. The summed E-state index contributed by atoms with van der Waals surface area (Å²) in [5, 5.41) is 16.7. The van der Waals surface area contributed by atoms with Crippen LogP contribution < -0.4 is 19.5 Å². The van der Waals surface area contributed by atoms with Crippen LogP contribution in [0, 0.1) is 0 Å². The lowest BCUT2D eigenvalue weighted by atomic mass is 10.1. The molecule has 31 heavy (non-hydrogen) atoms. The zero-order valence-electron chi connectivity index (χ0n) is 17.2. The number of methoxy groups -OCH3 is 2. The first kappa shape index (κ1) is 20.6. The largest absolute Gasteiger partial charge is 0.493 e. The summed E-state index contributed by atoms with van der Waals surface area (Å²) >= 11 is 1.29. The summed E-state index contributed by atoms with van der Waals surface area (Å²) in [6.45, 7) is 1.97. The molecule has 0 aliphatic rings. The Kier molecular flexibility index (Phi) is 5.99. The highest BCUT2D eigenvalue weighted by Gasteiger charge is 2.24. The Morgan fingerprint density at radius 3 is 2.58 bits per heavy atom. The highest BCUT2D eigenvalue weighted by molar-refractivity contribution is 7.21. The number of H-pyrrole nitrogens is 1. The number of nitrogens with zero attached hydrogens (tertiary/aromatic N) is 3. The molecule has 10 heteroatoms. The van der Waals surface area contributed by atoms with E-state index in [2.05, 4.69) is 25.9 Å². The van der Waals surface area contributed by atoms with E-state index in [4.69, 9.17) is 14.2 Å². The Morgan fingerprint density at radius 2 is 1.90 bits per heavy atom. The van der Waals surface area contributed by atoms with E-state index in [1.165, 1.54) is 11.3 Å². The van der Waals surface area contributed by atoms with Gasteiger partial charge in [0.05, 0.1) is 14.2 Å². The van der Waals surface area contributed by atoms with Crippen LogP contribution in [-0.2, 0) is 6.42 Å². The molecule has 2 aromatic heterocycles. The minimum Gasteiger partial charge on any atom is -0.493 e. The number of amides is 1.